The SMILES string of the molecule is c1ccc(N(c2ccc3c(c2)oc2c4ccccc4ccc32)c2ccc3c4c5ccccc5ccc4n(-c4ccccc4)c3c2)cc1. The summed E-state index contributed by atoms with van der Waals surface area (Å²) in [6.07, 6.45) is 0. The quantitative estimate of drug-likeness (QED) is 0.200. The predicted octanol–water partition coefficient (Wildman–Crippen LogP) is 12.5. The lowest BCUT2D eigenvalue weighted by Crippen LogP contribution is -2.09. The first-order chi connectivity index (χ1) is 23.3. The highest BCUT2D eigenvalue weighted by Gasteiger charge is 2.20. The van der Waals surface area contributed by atoms with Crippen LogP contribution in [0.3, 0.4) is 0 Å². The number of furan rings is 1. The molecule has 3 nitrogen and oxygen atoms in total. The van der Waals surface area contributed by atoms with E-state index in [4.69, 9.17) is 4.42 Å². The minimum absolute atomic E-state index is 0.876. The van der Waals surface area contributed by atoms with Gasteiger partial charge in [0.05, 0.1) is 11.0 Å². The van der Waals surface area contributed by atoms with Crippen molar-refractivity contribution in [1.82, 2.24) is 4.57 Å². The van der Waals surface area contributed by atoms with Crippen molar-refractivity contribution in [3.8, 4) is 5.69 Å². The summed E-state index contributed by atoms with van der Waals surface area (Å²) in [5, 5.41) is 9.59. The molecule has 0 bridgehead atoms. The van der Waals surface area contributed by atoms with E-state index >= 15 is 0 Å². The van der Waals surface area contributed by atoms with Crippen LogP contribution in [0.4, 0.5) is 17.1 Å². The smallest absolute Gasteiger partial charge is 0.143 e. The summed E-state index contributed by atoms with van der Waals surface area (Å²) in [5.74, 6) is 0. The molecule has 3 heteroatoms. The van der Waals surface area contributed by atoms with Crippen molar-refractivity contribution in [3.05, 3.63) is 170 Å². The van der Waals surface area contributed by atoms with E-state index in [1.807, 2.05) is 0 Å². The summed E-state index contributed by atoms with van der Waals surface area (Å²) in [6, 6.07) is 60.7. The van der Waals surface area contributed by atoms with E-state index in [9.17, 15) is 0 Å². The fraction of sp³-hybridized carbons (Fsp3) is 0. The number of para-hydroxylation sites is 2. The van der Waals surface area contributed by atoms with Gasteiger partial charge in [0.15, 0.2) is 0 Å². The molecule has 0 aliphatic heterocycles. The highest BCUT2D eigenvalue weighted by Crippen LogP contribution is 2.43. The molecule has 0 saturated heterocycles. The fourth-order valence-electron chi connectivity index (χ4n) is 7.43. The van der Waals surface area contributed by atoms with Crippen molar-refractivity contribution in [2.24, 2.45) is 0 Å². The Bertz CT molecular complexity index is 2790. The highest BCUT2D eigenvalue weighted by molar-refractivity contribution is 6.22. The van der Waals surface area contributed by atoms with Crippen molar-refractivity contribution in [3.63, 3.8) is 0 Å². The summed E-state index contributed by atoms with van der Waals surface area (Å²) in [5.41, 5.74) is 8.51. The minimum Gasteiger partial charge on any atom is -0.455 e. The Hall–Kier alpha value is -6.32. The molecule has 0 aliphatic rings. The van der Waals surface area contributed by atoms with Crippen LogP contribution in [0.5, 0.6) is 0 Å². The standard InChI is InChI=1S/C44H28N2O/c1-3-13-31(14-4-1)45(34-21-24-37-38-23-19-30-12-8-10-18-36(30)44(38)47-42(37)28-34)33-22-25-39-41(27-33)46(32-15-5-2-6-16-32)40-26-20-29-11-7-9-17-35(29)43(39)40/h1-28H. The van der Waals surface area contributed by atoms with Crippen molar-refractivity contribution < 1.29 is 4.42 Å². The zero-order valence-corrected chi connectivity index (χ0v) is 25.5. The third-order valence-corrected chi connectivity index (χ3v) is 9.53. The molecule has 8 aromatic carbocycles. The summed E-state index contributed by atoms with van der Waals surface area (Å²) in [6.45, 7) is 0. The highest BCUT2D eigenvalue weighted by atomic mass is 16.3. The van der Waals surface area contributed by atoms with Gasteiger partial charge in [-0.15, -0.1) is 0 Å². The van der Waals surface area contributed by atoms with Crippen LogP contribution >= 0.6 is 0 Å². The van der Waals surface area contributed by atoms with Gasteiger partial charge < -0.3 is 13.9 Å². The third-order valence-electron chi connectivity index (χ3n) is 9.53. The number of benzene rings is 8. The van der Waals surface area contributed by atoms with Gasteiger partial charge in [-0.2, -0.15) is 0 Å². The zero-order valence-electron chi connectivity index (χ0n) is 25.5. The maximum atomic E-state index is 6.63. The van der Waals surface area contributed by atoms with Crippen LogP contribution in [0.25, 0.3) is 71.0 Å². The molecular formula is C44H28N2O. The van der Waals surface area contributed by atoms with Crippen LogP contribution < -0.4 is 4.90 Å². The Morgan fingerprint density at radius 1 is 0.404 bits per heavy atom. The van der Waals surface area contributed by atoms with Crippen LogP contribution in [-0.4, -0.2) is 4.57 Å². The van der Waals surface area contributed by atoms with Gasteiger partial charge >= 0.3 is 0 Å². The molecule has 0 spiro atoms. The molecule has 0 aliphatic carbocycles. The third kappa shape index (κ3) is 3.93. The van der Waals surface area contributed by atoms with E-state index in [1.165, 1.54) is 32.4 Å². The second kappa shape index (κ2) is 10.1. The molecular weight excluding hydrogens is 572 g/mol. The van der Waals surface area contributed by atoms with E-state index in [-0.39, 0.29) is 0 Å². The summed E-state index contributed by atoms with van der Waals surface area (Å²) >= 11 is 0. The molecule has 0 atom stereocenters. The number of aromatic nitrogens is 1. The molecule has 0 fully saturated rings. The predicted molar refractivity (Wildman–Crippen MR) is 198 cm³/mol. The first-order valence-corrected chi connectivity index (χ1v) is 16.0. The van der Waals surface area contributed by atoms with Crippen LogP contribution in [0, 0.1) is 0 Å². The number of hydrogen-bond donors (Lipinski definition) is 0. The first kappa shape index (κ1) is 26.0. The Kier molecular flexibility index (Phi) is 5.57. The largest absolute Gasteiger partial charge is 0.455 e. The average Bonchev–Trinajstić information content (AvgIpc) is 3.68. The van der Waals surface area contributed by atoms with E-state index in [1.54, 1.807) is 0 Å². The van der Waals surface area contributed by atoms with Crippen molar-refractivity contribution in [1.29, 1.82) is 0 Å². The van der Waals surface area contributed by atoms with Gasteiger partial charge in [0, 0.05) is 55.7 Å². The fourth-order valence-corrected chi connectivity index (χ4v) is 7.43. The molecule has 0 amide bonds. The number of fused-ring (bicyclic) bond motifs is 10. The Balaban J connectivity index is 1.24. The van der Waals surface area contributed by atoms with E-state index in [0.717, 1.165) is 55.6 Å². The number of nitrogens with zero attached hydrogens (tertiary/aromatic N) is 2. The Morgan fingerprint density at radius 2 is 1.02 bits per heavy atom. The molecule has 2 heterocycles. The van der Waals surface area contributed by atoms with E-state index in [2.05, 4.69) is 179 Å². The number of rotatable bonds is 4. The van der Waals surface area contributed by atoms with Gasteiger partial charge in [-0.25, -0.2) is 0 Å². The first-order valence-electron chi connectivity index (χ1n) is 16.0. The Morgan fingerprint density at radius 3 is 1.83 bits per heavy atom. The molecule has 220 valence electrons. The minimum atomic E-state index is 0.876. The van der Waals surface area contributed by atoms with Crippen molar-refractivity contribution in [2.75, 3.05) is 4.90 Å². The van der Waals surface area contributed by atoms with E-state index in [0.29, 0.717) is 0 Å². The van der Waals surface area contributed by atoms with Crippen LogP contribution in [0.15, 0.2) is 174 Å². The maximum Gasteiger partial charge on any atom is 0.143 e. The maximum absolute atomic E-state index is 6.63. The van der Waals surface area contributed by atoms with Crippen LogP contribution in [0.1, 0.15) is 0 Å². The van der Waals surface area contributed by atoms with Gasteiger partial charge in [-0.1, -0.05) is 103 Å². The van der Waals surface area contributed by atoms with Crippen molar-refractivity contribution >= 4 is 82.4 Å². The molecule has 0 saturated carbocycles. The van der Waals surface area contributed by atoms with Gasteiger partial charge in [-0.05, 0) is 76.8 Å². The van der Waals surface area contributed by atoms with Gasteiger partial charge in [0.1, 0.15) is 11.2 Å². The lowest BCUT2D eigenvalue weighted by atomic mass is 10.0. The molecule has 10 rings (SSSR count). The van der Waals surface area contributed by atoms with Crippen molar-refractivity contribution in [2.45, 2.75) is 0 Å². The van der Waals surface area contributed by atoms with Crippen LogP contribution in [-0.2, 0) is 0 Å². The average molecular weight is 601 g/mol. The molecule has 2 aromatic heterocycles. The number of hydrogen-bond acceptors (Lipinski definition) is 2. The summed E-state index contributed by atoms with van der Waals surface area (Å²) in [7, 11) is 0. The molecule has 0 N–H and O–H groups in total. The molecule has 0 radical (unpaired) electrons. The second-order valence-electron chi connectivity index (χ2n) is 12.2. The normalized spacial score (nSPS) is 11.8. The van der Waals surface area contributed by atoms with Gasteiger partial charge in [0.2, 0.25) is 0 Å². The lowest BCUT2D eigenvalue weighted by molar-refractivity contribution is 0.672. The van der Waals surface area contributed by atoms with Crippen LogP contribution in [0.2, 0.25) is 0 Å². The summed E-state index contributed by atoms with van der Waals surface area (Å²) < 4.78 is 9.03. The zero-order chi connectivity index (χ0) is 30.9. The molecule has 47 heavy (non-hydrogen) atoms. The monoisotopic (exact) mass is 600 g/mol. The van der Waals surface area contributed by atoms with Gasteiger partial charge in [-0.3, -0.25) is 0 Å². The van der Waals surface area contributed by atoms with Gasteiger partial charge in [0.25, 0.3) is 0 Å². The molecule has 0 unspecified atom stereocenters. The number of anilines is 3. The summed E-state index contributed by atoms with van der Waals surface area (Å²) in [4.78, 5) is 2.33. The second-order valence-corrected chi connectivity index (χ2v) is 12.2. The topological polar surface area (TPSA) is 21.3 Å². The lowest BCUT2D eigenvalue weighted by Gasteiger charge is -2.25. The van der Waals surface area contributed by atoms with E-state index < -0.39 is 0 Å². The molecule has 10 aromatic rings. The Labute approximate surface area is 271 Å².